The topological polar surface area (TPSA) is 129 Å². The lowest BCUT2D eigenvalue weighted by atomic mass is 10.2. The maximum Gasteiger partial charge on any atom is 0.280 e. The van der Waals surface area contributed by atoms with Crippen molar-refractivity contribution in [1.82, 2.24) is 9.97 Å². The molecular weight excluding hydrogens is 418 g/mol. The maximum atomic E-state index is 12.7. The molecule has 2 heterocycles. The van der Waals surface area contributed by atoms with Crippen LogP contribution in [0.3, 0.4) is 0 Å². The van der Waals surface area contributed by atoms with Gasteiger partial charge < -0.3 is 0 Å². The number of hydrogen-bond acceptors (Lipinski definition) is 8. The first-order chi connectivity index (χ1) is 14.9. The van der Waals surface area contributed by atoms with Crippen molar-refractivity contribution in [3.05, 3.63) is 73.1 Å². The highest BCUT2D eigenvalue weighted by atomic mass is 32.2. The molecule has 11 heteroatoms. The molecule has 3 aromatic rings. The molecule has 0 spiro atoms. The second-order valence-electron chi connectivity index (χ2n) is 6.52. The lowest BCUT2D eigenvalue weighted by Gasteiger charge is -2.11. The summed E-state index contributed by atoms with van der Waals surface area (Å²) in [7, 11) is -3.84. The van der Waals surface area contributed by atoms with Crippen LogP contribution in [0.2, 0.25) is 0 Å². The number of benzene rings is 2. The number of anilines is 2. The number of amides is 1. The molecule has 0 aliphatic carbocycles. The molecular formula is C20H17N7O3S. The average molecular weight is 435 g/mol. The Hall–Kier alpha value is -3.99. The van der Waals surface area contributed by atoms with Crippen molar-refractivity contribution in [2.24, 2.45) is 15.3 Å². The van der Waals surface area contributed by atoms with Crippen molar-refractivity contribution in [2.45, 2.75) is 17.9 Å². The van der Waals surface area contributed by atoms with Crippen molar-refractivity contribution < 1.29 is 13.2 Å². The van der Waals surface area contributed by atoms with E-state index in [1.54, 1.807) is 25.1 Å². The molecule has 1 aromatic heterocycles. The average Bonchev–Trinajstić information content (AvgIpc) is 3.07. The minimum atomic E-state index is -3.84. The minimum Gasteiger partial charge on any atom is -0.269 e. The van der Waals surface area contributed by atoms with Crippen LogP contribution in [0.1, 0.15) is 6.92 Å². The second kappa shape index (κ2) is 8.40. The Bertz CT molecular complexity index is 1240. The van der Waals surface area contributed by atoms with Crippen LogP contribution in [0.4, 0.5) is 17.3 Å². The van der Waals surface area contributed by atoms with Crippen LogP contribution in [-0.2, 0) is 14.8 Å². The van der Waals surface area contributed by atoms with Crippen LogP contribution in [-0.4, -0.2) is 36.0 Å². The molecule has 31 heavy (non-hydrogen) atoms. The fourth-order valence-electron chi connectivity index (χ4n) is 2.79. The van der Waals surface area contributed by atoms with Crippen LogP contribution < -0.4 is 9.73 Å². The lowest BCUT2D eigenvalue weighted by Crippen LogP contribution is -2.29. The number of carbonyl (C=O) groups is 1. The van der Waals surface area contributed by atoms with Gasteiger partial charge in [-0.3, -0.25) is 4.79 Å². The molecule has 0 radical (unpaired) electrons. The molecule has 2 aromatic carbocycles. The summed E-state index contributed by atoms with van der Waals surface area (Å²) >= 11 is 0. The third-order valence-corrected chi connectivity index (χ3v) is 5.67. The summed E-state index contributed by atoms with van der Waals surface area (Å²) in [6.45, 7) is 1.71. The third kappa shape index (κ3) is 4.46. The number of azo groups is 1. The van der Waals surface area contributed by atoms with Gasteiger partial charge in [0.15, 0.2) is 6.04 Å². The molecule has 0 fully saturated rings. The number of para-hydroxylation sites is 1. The second-order valence-corrected chi connectivity index (χ2v) is 8.20. The zero-order chi connectivity index (χ0) is 21.8. The van der Waals surface area contributed by atoms with Crippen molar-refractivity contribution in [2.75, 3.05) is 9.73 Å². The fourth-order valence-corrected chi connectivity index (χ4v) is 3.75. The van der Waals surface area contributed by atoms with Gasteiger partial charge in [-0.25, -0.2) is 23.1 Å². The number of carbonyl (C=O) groups excluding carboxylic acids is 1. The number of nitrogens with one attached hydrogen (secondary N) is 1. The monoisotopic (exact) mass is 435 g/mol. The van der Waals surface area contributed by atoms with Crippen molar-refractivity contribution in [1.29, 1.82) is 0 Å². The van der Waals surface area contributed by atoms with Crippen molar-refractivity contribution in [3.8, 4) is 0 Å². The van der Waals surface area contributed by atoms with Gasteiger partial charge in [0.25, 0.3) is 15.9 Å². The Labute approximate surface area is 178 Å². The van der Waals surface area contributed by atoms with Gasteiger partial charge in [0.2, 0.25) is 5.95 Å². The van der Waals surface area contributed by atoms with E-state index in [4.69, 9.17) is 0 Å². The summed E-state index contributed by atoms with van der Waals surface area (Å²) in [5.74, 6) is -0.331. The van der Waals surface area contributed by atoms with Crippen molar-refractivity contribution >= 4 is 39.0 Å². The van der Waals surface area contributed by atoms with E-state index in [1.165, 1.54) is 41.7 Å². The van der Waals surface area contributed by atoms with E-state index in [0.717, 1.165) is 0 Å². The van der Waals surface area contributed by atoms with Crippen LogP contribution in [0.5, 0.6) is 0 Å². The molecule has 4 rings (SSSR count). The lowest BCUT2D eigenvalue weighted by molar-refractivity contribution is -0.117. The van der Waals surface area contributed by atoms with Gasteiger partial charge in [-0.1, -0.05) is 18.2 Å². The molecule has 0 unspecified atom stereocenters. The molecule has 0 saturated carbocycles. The van der Waals surface area contributed by atoms with E-state index >= 15 is 0 Å². The molecule has 1 N–H and O–H groups in total. The predicted molar refractivity (Wildman–Crippen MR) is 115 cm³/mol. The Morgan fingerprint density at radius 1 is 0.968 bits per heavy atom. The zero-order valence-corrected chi connectivity index (χ0v) is 17.1. The number of sulfonamides is 1. The largest absolute Gasteiger partial charge is 0.280 e. The maximum absolute atomic E-state index is 12.7. The molecule has 156 valence electrons. The van der Waals surface area contributed by atoms with Gasteiger partial charge in [0.05, 0.1) is 22.0 Å². The van der Waals surface area contributed by atoms with E-state index in [9.17, 15) is 13.2 Å². The first kappa shape index (κ1) is 20.3. The highest BCUT2D eigenvalue weighted by Crippen LogP contribution is 2.24. The summed E-state index contributed by atoms with van der Waals surface area (Å²) in [4.78, 5) is 20.4. The molecule has 1 aliphatic heterocycles. The quantitative estimate of drug-likeness (QED) is 0.595. The Balaban J connectivity index is 1.47. The van der Waals surface area contributed by atoms with Gasteiger partial charge in [0.1, 0.15) is 0 Å². The molecule has 1 amide bonds. The van der Waals surface area contributed by atoms with E-state index in [0.29, 0.717) is 17.1 Å². The van der Waals surface area contributed by atoms with Crippen molar-refractivity contribution in [3.63, 3.8) is 0 Å². The van der Waals surface area contributed by atoms with E-state index < -0.39 is 16.1 Å². The zero-order valence-electron chi connectivity index (χ0n) is 16.3. The molecule has 1 atom stereocenters. The highest BCUT2D eigenvalue weighted by Gasteiger charge is 2.34. The van der Waals surface area contributed by atoms with E-state index in [-0.39, 0.29) is 16.8 Å². The van der Waals surface area contributed by atoms with Crippen LogP contribution in [0, 0.1) is 0 Å². The predicted octanol–water partition coefficient (Wildman–Crippen LogP) is 3.15. The Kier molecular flexibility index (Phi) is 5.50. The SMILES string of the molecule is CC1=NN(c2ccccc2)C(=O)[C@H]1N=Nc1ccc(S(=O)(=O)Nc2ncccn2)cc1. The summed E-state index contributed by atoms with van der Waals surface area (Å²) < 4.78 is 27.1. The van der Waals surface area contributed by atoms with Crippen LogP contribution >= 0.6 is 0 Å². The molecule has 1 aliphatic rings. The Morgan fingerprint density at radius 2 is 1.65 bits per heavy atom. The smallest absolute Gasteiger partial charge is 0.269 e. The van der Waals surface area contributed by atoms with Gasteiger partial charge in [0, 0.05) is 12.4 Å². The number of nitrogens with zero attached hydrogens (tertiary/aromatic N) is 6. The first-order valence-electron chi connectivity index (χ1n) is 9.19. The number of rotatable bonds is 6. The highest BCUT2D eigenvalue weighted by molar-refractivity contribution is 7.92. The summed E-state index contributed by atoms with van der Waals surface area (Å²) in [5.41, 5.74) is 1.56. The van der Waals surface area contributed by atoms with E-state index in [1.807, 2.05) is 18.2 Å². The van der Waals surface area contributed by atoms with Gasteiger partial charge in [-0.15, -0.1) is 0 Å². The van der Waals surface area contributed by atoms with Gasteiger partial charge in [-0.05, 0) is 49.4 Å². The molecule has 0 bridgehead atoms. The molecule has 10 nitrogen and oxygen atoms in total. The minimum absolute atomic E-state index is 0.0174. The van der Waals surface area contributed by atoms with Crippen LogP contribution in [0.25, 0.3) is 0 Å². The number of hydrogen-bond donors (Lipinski definition) is 1. The Morgan fingerprint density at radius 3 is 2.32 bits per heavy atom. The molecule has 0 saturated heterocycles. The number of hydrazone groups is 1. The third-order valence-electron chi connectivity index (χ3n) is 4.32. The summed E-state index contributed by atoms with van der Waals surface area (Å²) in [5, 5.41) is 13.8. The van der Waals surface area contributed by atoms with Crippen LogP contribution in [0.15, 0.2) is 93.3 Å². The fraction of sp³-hybridized carbons (Fsp3) is 0.100. The first-order valence-corrected chi connectivity index (χ1v) is 10.7. The summed E-state index contributed by atoms with van der Waals surface area (Å²) in [6, 6.07) is 15.5. The summed E-state index contributed by atoms with van der Waals surface area (Å²) in [6.07, 6.45) is 2.87. The standard InChI is InChI=1S/C20H17N7O3S/c1-14-18(19(28)27(25-14)16-6-3-2-4-7-16)24-23-15-8-10-17(11-9-15)31(29,30)26-20-21-12-5-13-22-20/h2-13,18H,1H3,(H,21,22,26)/t18-/m0/s1. The van der Waals surface area contributed by atoms with Gasteiger partial charge in [-0.2, -0.15) is 20.3 Å². The van der Waals surface area contributed by atoms with Gasteiger partial charge >= 0.3 is 0 Å². The normalized spacial score (nSPS) is 16.5. The van der Waals surface area contributed by atoms with E-state index in [2.05, 4.69) is 30.0 Å². The number of aromatic nitrogens is 2.